The highest BCUT2D eigenvalue weighted by molar-refractivity contribution is 7.16. The van der Waals surface area contributed by atoms with Gasteiger partial charge in [-0.05, 0) is 25.1 Å². The number of ether oxygens (including phenoxy) is 2. The van der Waals surface area contributed by atoms with Crippen molar-refractivity contribution in [2.75, 3.05) is 27.4 Å². The molecule has 1 atom stereocenters. The summed E-state index contributed by atoms with van der Waals surface area (Å²) in [6.45, 7) is 2.69. The fourth-order valence-electron chi connectivity index (χ4n) is 1.85. The van der Waals surface area contributed by atoms with E-state index in [1.54, 1.807) is 25.8 Å². The molecular weight excluding hydrogens is 276 g/mol. The lowest BCUT2D eigenvalue weighted by Gasteiger charge is -2.27. The van der Waals surface area contributed by atoms with E-state index in [9.17, 15) is 4.79 Å². The van der Waals surface area contributed by atoms with Gasteiger partial charge in [-0.1, -0.05) is 0 Å². The molecule has 0 aliphatic heterocycles. The van der Waals surface area contributed by atoms with Crippen molar-refractivity contribution in [2.45, 2.75) is 12.5 Å². The van der Waals surface area contributed by atoms with Gasteiger partial charge in [0.25, 0.3) is 5.91 Å². The minimum atomic E-state index is -0.529. The first-order valence-electron chi connectivity index (χ1n) is 6.23. The Morgan fingerprint density at radius 3 is 2.95 bits per heavy atom. The molecule has 108 valence electrons. The van der Waals surface area contributed by atoms with Gasteiger partial charge < -0.3 is 14.8 Å². The summed E-state index contributed by atoms with van der Waals surface area (Å²) >= 11 is 1.52. The molecule has 0 radical (unpaired) electrons. The molecule has 0 unspecified atom stereocenters. The first-order valence-corrected chi connectivity index (χ1v) is 7.11. The molecule has 1 amide bonds. The molecule has 0 aliphatic carbocycles. The van der Waals surface area contributed by atoms with E-state index in [0.29, 0.717) is 18.7 Å². The molecular formula is C14H18N2O3S. The maximum absolute atomic E-state index is 12.2. The zero-order valence-electron chi connectivity index (χ0n) is 11.8. The number of aromatic nitrogens is 1. The van der Waals surface area contributed by atoms with Crippen LogP contribution in [0.15, 0.2) is 23.7 Å². The van der Waals surface area contributed by atoms with Crippen LogP contribution in [-0.2, 0) is 9.47 Å². The van der Waals surface area contributed by atoms with Crippen LogP contribution in [0.3, 0.4) is 0 Å². The third-order valence-corrected chi connectivity index (χ3v) is 3.95. The van der Waals surface area contributed by atoms with Crippen LogP contribution >= 0.6 is 11.3 Å². The Bertz CT molecular complexity index is 599. The van der Waals surface area contributed by atoms with E-state index in [4.69, 9.17) is 9.47 Å². The van der Waals surface area contributed by atoms with E-state index in [-0.39, 0.29) is 5.91 Å². The lowest BCUT2D eigenvalue weighted by molar-refractivity contribution is -0.0479. The van der Waals surface area contributed by atoms with Gasteiger partial charge in [-0.2, -0.15) is 0 Å². The summed E-state index contributed by atoms with van der Waals surface area (Å²) in [5.74, 6) is -0.125. The summed E-state index contributed by atoms with van der Waals surface area (Å²) in [5, 5.41) is 2.87. The van der Waals surface area contributed by atoms with Crippen LogP contribution in [0.4, 0.5) is 0 Å². The van der Waals surface area contributed by atoms with Gasteiger partial charge in [0.05, 0.1) is 22.3 Å². The second-order valence-electron chi connectivity index (χ2n) is 4.80. The quantitative estimate of drug-likeness (QED) is 0.886. The molecule has 0 spiro atoms. The van der Waals surface area contributed by atoms with Crippen molar-refractivity contribution in [1.29, 1.82) is 0 Å². The molecule has 2 rings (SSSR count). The molecule has 0 saturated heterocycles. The highest BCUT2D eigenvalue weighted by atomic mass is 32.1. The van der Waals surface area contributed by atoms with Gasteiger partial charge in [-0.3, -0.25) is 4.79 Å². The standard InChI is InChI=1S/C14H18N2O3S/c1-14(19-3,8-18-2)7-15-13(17)10-4-5-11-12(6-10)20-9-16-11/h4-6,9H,7-8H2,1-3H3,(H,15,17)/t14-/m1/s1. The average Bonchev–Trinajstić information content (AvgIpc) is 2.92. The predicted octanol–water partition coefficient (Wildman–Crippen LogP) is 2.08. The number of fused-ring (bicyclic) bond motifs is 1. The van der Waals surface area contributed by atoms with Crippen molar-refractivity contribution in [3.63, 3.8) is 0 Å². The van der Waals surface area contributed by atoms with Crippen molar-refractivity contribution >= 4 is 27.5 Å². The highest BCUT2D eigenvalue weighted by Gasteiger charge is 2.24. The zero-order chi connectivity index (χ0) is 14.6. The van der Waals surface area contributed by atoms with Gasteiger partial charge in [0.2, 0.25) is 0 Å². The number of carbonyl (C=O) groups excluding carboxylic acids is 1. The molecule has 2 aromatic rings. The van der Waals surface area contributed by atoms with Crippen molar-refractivity contribution in [3.05, 3.63) is 29.3 Å². The summed E-state index contributed by atoms with van der Waals surface area (Å²) < 4.78 is 11.5. The van der Waals surface area contributed by atoms with Gasteiger partial charge in [0.15, 0.2) is 0 Å². The number of carbonyl (C=O) groups is 1. The van der Waals surface area contributed by atoms with E-state index >= 15 is 0 Å². The number of hydrogen-bond donors (Lipinski definition) is 1. The summed E-state index contributed by atoms with van der Waals surface area (Å²) in [7, 11) is 3.21. The summed E-state index contributed by atoms with van der Waals surface area (Å²) in [5.41, 5.74) is 2.77. The molecule has 6 heteroatoms. The SMILES string of the molecule is COC[C@@](C)(CNC(=O)c1ccc2ncsc2c1)OC. The molecule has 1 heterocycles. The van der Waals surface area contributed by atoms with Crippen LogP contribution in [0.2, 0.25) is 0 Å². The van der Waals surface area contributed by atoms with Crippen LogP contribution in [0.1, 0.15) is 17.3 Å². The second-order valence-corrected chi connectivity index (χ2v) is 5.69. The maximum Gasteiger partial charge on any atom is 0.251 e. The van der Waals surface area contributed by atoms with Gasteiger partial charge in [-0.25, -0.2) is 4.98 Å². The number of amides is 1. The molecule has 5 nitrogen and oxygen atoms in total. The van der Waals surface area contributed by atoms with E-state index in [2.05, 4.69) is 10.3 Å². The van der Waals surface area contributed by atoms with Gasteiger partial charge >= 0.3 is 0 Å². The van der Waals surface area contributed by atoms with E-state index in [1.165, 1.54) is 11.3 Å². The summed E-state index contributed by atoms with van der Waals surface area (Å²) in [4.78, 5) is 16.3. The Morgan fingerprint density at radius 1 is 1.45 bits per heavy atom. The van der Waals surface area contributed by atoms with E-state index < -0.39 is 5.60 Å². The Kier molecular flexibility index (Phi) is 4.69. The van der Waals surface area contributed by atoms with Gasteiger partial charge in [-0.15, -0.1) is 11.3 Å². The number of nitrogens with zero attached hydrogens (tertiary/aromatic N) is 1. The molecule has 0 saturated carbocycles. The minimum absolute atomic E-state index is 0.125. The van der Waals surface area contributed by atoms with Crippen molar-refractivity contribution < 1.29 is 14.3 Å². The number of thiazole rings is 1. The molecule has 0 aliphatic rings. The summed E-state index contributed by atoms with van der Waals surface area (Å²) in [6.07, 6.45) is 0. The van der Waals surface area contributed by atoms with Crippen molar-refractivity contribution in [3.8, 4) is 0 Å². The number of hydrogen-bond acceptors (Lipinski definition) is 5. The van der Waals surface area contributed by atoms with Crippen LogP contribution in [0, 0.1) is 0 Å². The monoisotopic (exact) mass is 294 g/mol. The smallest absolute Gasteiger partial charge is 0.251 e. The number of benzene rings is 1. The largest absolute Gasteiger partial charge is 0.382 e. The average molecular weight is 294 g/mol. The Morgan fingerprint density at radius 2 is 2.25 bits per heavy atom. The maximum atomic E-state index is 12.2. The topological polar surface area (TPSA) is 60.5 Å². The van der Waals surface area contributed by atoms with Crippen molar-refractivity contribution in [1.82, 2.24) is 10.3 Å². The highest BCUT2D eigenvalue weighted by Crippen LogP contribution is 2.19. The van der Waals surface area contributed by atoms with Crippen LogP contribution in [-0.4, -0.2) is 43.9 Å². The lowest BCUT2D eigenvalue weighted by atomic mass is 10.1. The van der Waals surface area contributed by atoms with Crippen LogP contribution in [0.5, 0.6) is 0 Å². The molecule has 20 heavy (non-hydrogen) atoms. The first kappa shape index (κ1) is 14.9. The molecule has 1 N–H and O–H groups in total. The van der Waals surface area contributed by atoms with Crippen LogP contribution in [0.25, 0.3) is 10.2 Å². The van der Waals surface area contributed by atoms with Gasteiger partial charge in [0, 0.05) is 26.3 Å². The molecule has 0 bridgehead atoms. The zero-order valence-corrected chi connectivity index (χ0v) is 12.6. The number of methoxy groups -OCH3 is 2. The van der Waals surface area contributed by atoms with E-state index in [1.807, 2.05) is 19.1 Å². The normalized spacial score (nSPS) is 14.2. The second kappa shape index (κ2) is 6.30. The third kappa shape index (κ3) is 3.33. The lowest BCUT2D eigenvalue weighted by Crippen LogP contribution is -2.45. The Labute approximate surface area is 121 Å². The predicted molar refractivity (Wildman–Crippen MR) is 79.2 cm³/mol. The molecule has 1 aromatic carbocycles. The molecule has 0 fully saturated rings. The first-order chi connectivity index (χ1) is 9.58. The fraction of sp³-hybridized carbons (Fsp3) is 0.429. The van der Waals surface area contributed by atoms with E-state index in [0.717, 1.165) is 10.2 Å². The van der Waals surface area contributed by atoms with Crippen LogP contribution < -0.4 is 5.32 Å². The van der Waals surface area contributed by atoms with Crippen molar-refractivity contribution in [2.24, 2.45) is 0 Å². The fourth-order valence-corrected chi connectivity index (χ4v) is 2.57. The Balaban J connectivity index is 2.04. The van der Waals surface area contributed by atoms with Gasteiger partial charge in [0.1, 0.15) is 5.60 Å². The Hall–Kier alpha value is -1.50. The number of rotatable bonds is 6. The minimum Gasteiger partial charge on any atom is -0.382 e. The third-order valence-electron chi connectivity index (χ3n) is 3.16. The molecule has 1 aromatic heterocycles. The number of nitrogens with one attached hydrogen (secondary N) is 1. The summed E-state index contributed by atoms with van der Waals surface area (Å²) in [6, 6.07) is 5.48.